The summed E-state index contributed by atoms with van der Waals surface area (Å²) >= 11 is 3.58. The Morgan fingerprint density at radius 3 is 2.65 bits per heavy atom. The molecule has 2 aromatic rings. The monoisotopic (exact) mass is 378 g/mol. The molecule has 2 heterocycles. The average molecular weight is 380 g/mol. The van der Waals surface area contributed by atoms with E-state index < -0.39 is 0 Å². The van der Waals surface area contributed by atoms with Crippen LogP contribution < -0.4 is 10.1 Å². The number of fused-ring (bicyclic) bond motifs is 1. The summed E-state index contributed by atoms with van der Waals surface area (Å²) in [6, 6.07) is 6.16. The van der Waals surface area contributed by atoms with Gasteiger partial charge < -0.3 is 10.1 Å². The van der Waals surface area contributed by atoms with Crippen LogP contribution in [0, 0.1) is 0 Å². The van der Waals surface area contributed by atoms with E-state index >= 15 is 0 Å². The second kappa shape index (κ2) is 8.03. The minimum Gasteiger partial charge on any atom is -0.489 e. The Balaban J connectivity index is 0.000001000. The highest BCUT2D eigenvalue weighted by molar-refractivity contribution is 9.10. The first-order valence-electron chi connectivity index (χ1n) is 6.23. The summed E-state index contributed by atoms with van der Waals surface area (Å²) in [4.78, 5) is 4.15. The number of hydrogen-bond acceptors (Lipinski definition) is 3. The molecule has 0 spiro atoms. The number of nitrogens with one attached hydrogen (secondary N) is 1. The molecule has 0 atom stereocenters. The molecule has 3 rings (SSSR count). The summed E-state index contributed by atoms with van der Waals surface area (Å²) in [6.45, 7) is 2.08. The van der Waals surface area contributed by atoms with E-state index in [9.17, 15) is 0 Å². The van der Waals surface area contributed by atoms with Gasteiger partial charge in [0.2, 0.25) is 0 Å². The number of rotatable bonds is 2. The van der Waals surface area contributed by atoms with E-state index in [4.69, 9.17) is 4.74 Å². The van der Waals surface area contributed by atoms with E-state index in [1.807, 2.05) is 18.5 Å². The smallest absolute Gasteiger partial charge is 0.134 e. The van der Waals surface area contributed by atoms with Gasteiger partial charge in [0.25, 0.3) is 0 Å². The Hall–Kier alpha value is -0.550. The third-order valence-electron chi connectivity index (χ3n) is 3.27. The van der Waals surface area contributed by atoms with Gasteiger partial charge in [0, 0.05) is 17.8 Å². The first-order chi connectivity index (χ1) is 8.83. The summed E-state index contributed by atoms with van der Waals surface area (Å²) in [5.74, 6) is 0.919. The van der Waals surface area contributed by atoms with Gasteiger partial charge in [-0.2, -0.15) is 0 Å². The molecule has 1 aliphatic heterocycles. The molecular weight excluding hydrogens is 363 g/mol. The number of nitrogens with zero attached hydrogens (tertiary/aromatic N) is 1. The van der Waals surface area contributed by atoms with Crippen LogP contribution in [0.2, 0.25) is 0 Å². The van der Waals surface area contributed by atoms with Gasteiger partial charge in [-0.25, -0.2) is 0 Å². The zero-order valence-electron chi connectivity index (χ0n) is 10.8. The van der Waals surface area contributed by atoms with Crippen LogP contribution in [0.5, 0.6) is 5.75 Å². The quantitative estimate of drug-likeness (QED) is 0.857. The molecule has 1 aromatic heterocycles. The lowest BCUT2D eigenvalue weighted by atomic mass is 10.1. The maximum Gasteiger partial charge on any atom is 0.134 e. The van der Waals surface area contributed by atoms with Crippen LogP contribution in [0.1, 0.15) is 12.8 Å². The van der Waals surface area contributed by atoms with Gasteiger partial charge in [-0.05, 0) is 65.4 Å². The number of hydrogen-bond donors (Lipinski definition) is 1. The van der Waals surface area contributed by atoms with E-state index in [0.717, 1.165) is 41.5 Å². The summed E-state index contributed by atoms with van der Waals surface area (Å²) < 4.78 is 7.09. The Labute approximate surface area is 139 Å². The molecule has 0 bridgehead atoms. The molecule has 0 amide bonds. The van der Waals surface area contributed by atoms with Crippen molar-refractivity contribution < 1.29 is 4.74 Å². The van der Waals surface area contributed by atoms with Gasteiger partial charge in [-0.15, -0.1) is 24.8 Å². The van der Waals surface area contributed by atoms with Crippen LogP contribution in [-0.2, 0) is 0 Å². The molecule has 1 aliphatic rings. The van der Waals surface area contributed by atoms with Crippen LogP contribution in [0.3, 0.4) is 0 Å². The van der Waals surface area contributed by atoms with Crippen molar-refractivity contribution in [3.63, 3.8) is 0 Å². The second-order valence-electron chi connectivity index (χ2n) is 4.57. The van der Waals surface area contributed by atoms with E-state index in [2.05, 4.69) is 38.4 Å². The van der Waals surface area contributed by atoms with Crippen LogP contribution in [-0.4, -0.2) is 24.2 Å². The summed E-state index contributed by atoms with van der Waals surface area (Å²) in [7, 11) is 0. The van der Waals surface area contributed by atoms with Crippen molar-refractivity contribution in [1.29, 1.82) is 0 Å². The fourth-order valence-corrected chi connectivity index (χ4v) is 2.73. The zero-order chi connectivity index (χ0) is 12.4. The Bertz CT molecular complexity index is 562. The number of ether oxygens (including phenoxy) is 1. The Morgan fingerprint density at radius 2 is 1.90 bits per heavy atom. The van der Waals surface area contributed by atoms with Crippen molar-refractivity contribution in [1.82, 2.24) is 10.3 Å². The lowest BCUT2D eigenvalue weighted by Crippen LogP contribution is -2.34. The zero-order valence-corrected chi connectivity index (χ0v) is 14.1. The minimum absolute atomic E-state index is 0. The van der Waals surface area contributed by atoms with E-state index in [-0.39, 0.29) is 24.8 Å². The number of halogens is 3. The molecule has 1 fully saturated rings. The molecule has 0 radical (unpaired) electrons. The molecule has 6 heteroatoms. The standard InChI is InChI=1S/C14H15BrN2O.2ClH/c15-13-7-10-1-4-17-9-11(10)8-14(13)18-12-2-5-16-6-3-12;;/h1,4,7-9,12,16H,2-3,5-6H2;2*1H. The lowest BCUT2D eigenvalue weighted by molar-refractivity contribution is 0.161. The third kappa shape index (κ3) is 3.98. The van der Waals surface area contributed by atoms with Crippen molar-refractivity contribution >= 4 is 51.5 Å². The predicted octanol–water partition coefficient (Wildman–Crippen LogP) is 3.97. The van der Waals surface area contributed by atoms with Crippen molar-refractivity contribution in [2.45, 2.75) is 18.9 Å². The normalized spacial score (nSPS) is 15.2. The van der Waals surface area contributed by atoms with Crippen LogP contribution in [0.25, 0.3) is 10.8 Å². The molecule has 3 nitrogen and oxygen atoms in total. The highest BCUT2D eigenvalue weighted by atomic mass is 79.9. The summed E-state index contributed by atoms with van der Waals surface area (Å²) in [6.07, 6.45) is 6.13. The van der Waals surface area contributed by atoms with Gasteiger partial charge in [0.15, 0.2) is 0 Å². The second-order valence-corrected chi connectivity index (χ2v) is 5.43. The Morgan fingerprint density at radius 1 is 1.15 bits per heavy atom. The van der Waals surface area contributed by atoms with Gasteiger partial charge >= 0.3 is 0 Å². The first-order valence-corrected chi connectivity index (χ1v) is 7.03. The largest absolute Gasteiger partial charge is 0.489 e. The molecule has 1 N–H and O–H groups in total. The van der Waals surface area contributed by atoms with Gasteiger partial charge in [-0.1, -0.05) is 0 Å². The molecule has 1 saturated heterocycles. The number of piperidine rings is 1. The minimum atomic E-state index is 0. The number of aromatic nitrogens is 1. The average Bonchev–Trinajstić information content (AvgIpc) is 2.41. The molecule has 1 aromatic carbocycles. The molecular formula is C14H17BrCl2N2O. The third-order valence-corrected chi connectivity index (χ3v) is 3.89. The first kappa shape index (κ1) is 17.5. The van der Waals surface area contributed by atoms with Crippen molar-refractivity contribution in [2.24, 2.45) is 0 Å². The van der Waals surface area contributed by atoms with Gasteiger partial charge in [0.05, 0.1) is 4.47 Å². The topological polar surface area (TPSA) is 34.1 Å². The number of pyridine rings is 1. The highest BCUT2D eigenvalue weighted by Gasteiger charge is 2.16. The van der Waals surface area contributed by atoms with Crippen molar-refractivity contribution in [2.75, 3.05) is 13.1 Å². The van der Waals surface area contributed by atoms with Crippen LogP contribution in [0.4, 0.5) is 0 Å². The fraction of sp³-hybridized carbons (Fsp3) is 0.357. The molecule has 20 heavy (non-hydrogen) atoms. The van der Waals surface area contributed by atoms with E-state index in [0.29, 0.717) is 6.10 Å². The maximum absolute atomic E-state index is 6.08. The summed E-state index contributed by atoms with van der Waals surface area (Å²) in [5.41, 5.74) is 0. The SMILES string of the molecule is Brc1cc2ccncc2cc1OC1CCNCC1.Cl.Cl. The Kier molecular flexibility index (Phi) is 7.03. The molecule has 0 unspecified atom stereocenters. The van der Waals surface area contributed by atoms with E-state index in [1.165, 1.54) is 5.39 Å². The lowest BCUT2D eigenvalue weighted by Gasteiger charge is -2.24. The van der Waals surface area contributed by atoms with Gasteiger partial charge in [0.1, 0.15) is 11.9 Å². The van der Waals surface area contributed by atoms with Crippen LogP contribution >= 0.6 is 40.7 Å². The molecule has 0 aliphatic carbocycles. The van der Waals surface area contributed by atoms with E-state index in [1.54, 1.807) is 0 Å². The fourth-order valence-electron chi connectivity index (χ4n) is 2.27. The number of benzene rings is 1. The molecule has 110 valence electrons. The predicted molar refractivity (Wildman–Crippen MR) is 90.5 cm³/mol. The summed E-state index contributed by atoms with van der Waals surface area (Å²) in [5, 5.41) is 5.63. The molecule has 0 saturated carbocycles. The maximum atomic E-state index is 6.08. The highest BCUT2D eigenvalue weighted by Crippen LogP contribution is 2.31. The van der Waals surface area contributed by atoms with Crippen LogP contribution in [0.15, 0.2) is 35.1 Å². The van der Waals surface area contributed by atoms with Crippen molar-refractivity contribution in [3.8, 4) is 5.75 Å². The van der Waals surface area contributed by atoms with Gasteiger partial charge in [-0.3, -0.25) is 4.98 Å². The van der Waals surface area contributed by atoms with Crippen molar-refractivity contribution in [3.05, 3.63) is 35.1 Å².